The number of imidazole rings is 1. The third kappa shape index (κ3) is 3.97. The van der Waals surface area contributed by atoms with Crippen LogP contribution in [0.25, 0.3) is 5.76 Å². The van der Waals surface area contributed by atoms with Crippen molar-refractivity contribution in [3.8, 4) is 0 Å². The van der Waals surface area contributed by atoms with Crippen molar-refractivity contribution in [2.45, 2.75) is 19.0 Å². The third-order valence-electron chi connectivity index (χ3n) is 5.31. The number of Topliss-reactive ketones (excluding diaryl/α,β-unsaturated/α-hetero) is 1. The van der Waals surface area contributed by atoms with E-state index in [2.05, 4.69) is 9.97 Å². The number of nitro groups is 1. The van der Waals surface area contributed by atoms with E-state index < -0.39 is 22.7 Å². The second kappa shape index (κ2) is 8.80. The first-order chi connectivity index (χ1) is 15.5. The number of hydrogen-bond acceptors (Lipinski definition) is 6. The molecule has 32 heavy (non-hydrogen) atoms. The van der Waals surface area contributed by atoms with Gasteiger partial charge in [0.1, 0.15) is 18.2 Å². The van der Waals surface area contributed by atoms with Crippen molar-refractivity contribution in [1.29, 1.82) is 0 Å². The molecule has 0 bridgehead atoms. The lowest BCUT2D eigenvalue weighted by Crippen LogP contribution is -2.36. The highest BCUT2D eigenvalue weighted by Gasteiger charge is 2.46. The number of likely N-dealkylation sites (tertiary alicyclic amines) is 1. The number of nitro benzene ring substituents is 1. The van der Waals surface area contributed by atoms with Crippen LogP contribution in [-0.2, 0) is 16.1 Å². The molecule has 1 aliphatic rings. The molecule has 3 heterocycles. The highest BCUT2D eigenvalue weighted by molar-refractivity contribution is 6.46. The van der Waals surface area contributed by atoms with Crippen LogP contribution in [0.4, 0.5) is 5.69 Å². The molecule has 1 fully saturated rings. The van der Waals surface area contributed by atoms with E-state index in [-0.39, 0.29) is 23.6 Å². The Kier molecular flexibility index (Phi) is 5.75. The van der Waals surface area contributed by atoms with Gasteiger partial charge in [0, 0.05) is 43.1 Å². The standard InChI is InChI=1S/C22H19N5O5/c28-20(15-5-7-23-8-6-15)18-19(16-3-1-4-17(13-16)27(31)32)26(22(30)21(18)29)11-2-10-25-12-9-24-14-25/h1,3-9,12-14,19H,2,10-11H2,(H,28,29)/p+1. The number of nitrogens with one attached hydrogen (secondary N) is 1. The summed E-state index contributed by atoms with van der Waals surface area (Å²) < 4.78 is 1.90. The number of aromatic nitrogens is 3. The predicted molar refractivity (Wildman–Crippen MR) is 112 cm³/mol. The van der Waals surface area contributed by atoms with Gasteiger partial charge in [-0.05, 0) is 17.7 Å². The molecule has 10 nitrogen and oxygen atoms in total. The van der Waals surface area contributed by atoms with E-state index in [1.54, 1.807) is 18.6 Å². The second-order valence-electron chi connectivity index (χ2n) is 7.28. The number of nitrogens with zero attached hydrogens (tertiary/aromatic N) is 4. The molecule has 1 atom stereocenters. The summed E-state index contributed by atoms with van der Waals surface area (Å²) in [6.45, 7) is 0.821. The smallest absolute Gasteiger partial charge is 0.295 e. The molecule has 0 spiro atoms. The van der Waals surface area contributed by atoms with Gasteiger partial charge in [0.15, 0.2) is 0 Å². The van der Waals surface area contributed by atoms with Crippen molar-refractivity contribution in [3.63, 3.8) is 0 Å². The van der Waals surface area contributed by atoms with Crippen LogP contribution in [0, 0.1) is 10.1 Å². The number of aliphatic hydroxyl groups excluding tert-OH is 1. The van der Waals surface area contributed by atoms with Gasteiger partial charge in [0.05, 0.1) is 23.1 Å². The Morgan fingerprint density at radius 2 is 2.03 bits per heavy atom. The number of non-ortho nitro benzene ring substituents is 1. The number of aryl methyl sites for hydroxylation is 1. The topological polar surface area (TPSA) is 133 Å². The number of amides is 1. The van der Waals surface area contributed by atoms with Gasteiger partial charge in [-0.15, -0.1) is 0 Å². The van der Waals surface area contributed by atoms with E-state index in [1.807, 2.05) is 10.8 Å². The SMILES string of the molecule is O=C1C(=O)N(CCC[n+]2cc[nH]c2)C(c2cccc([N+](=O)[O-])c2)C1=C(O)c1ccncc1. The van der Waals surface area contributed by atoms with Gasteiger partial charge >= 0.3 is 0 Å². The molecule has 1 aliphatic heterocycles. The number of benzene rings is 1. The molecule has 2 N–H and O–H groups in total. The Hall–Kier alpha value is -4.34. The summed E-state index contributed by atoms with van der Waals surface area (Å²) >= 11 is 0. The van der Waals surface area contributed by atoms with Gasteiger partial charge in [0.2, 0.25) is 6.33 Å². The Balaban J connectivity index is 1.76. The van der Waals surface area contributed by atoms with E-state index in [1.165, 1.54) is 47.6 Å². The number of rotatable bonds is 7. The molecule has 4 rings (SSSR count). The number of H-pyrrole nitrogens is 1. The van der Waals surface area contributed by atoms with Crippen LogP contribution in [0.15, 0.2) is 73.1 Å². The Labute approximate surface area is 182 Å². The minimum Gasteiger partial charge on any atom is -0.507 e. The Morgan fingerprint density at radius 1 is 1.25 bits per heavy atom. The van der Waals surface area contributed by atoms with E-state index in [0.717, 1.165) is 0 Å². The summed E-state index contributed by atoms with van der Waals surface area (Å²) in [4.78, 5) is 44.8. The molecule has 1 aromatic carbocycles. The molecule has 3 aromatic rings. The second-order valence-corrected chi connectivity index (χ2v) is 7.28. The molecular formula is C22H20N5O5+. The van der Waals surface area contributed by atoms with Crippen LogP contribution in [0.1, 0.15) is 23.6 Å². The maximum Gasteiger partial charge on any atom is 0.295 e. The van der Waals surface area contributed by atoms with Crippen LogP contribution in [0.2, 0.25) is 0 Å². The molecule has 1 saturated heterocycles. The van der Waals surface area contributed by atoms with Crippen molar-refractivity contribution in [3.05, 3.63) is 94.3 Å². The minimum absolute atomic E-state index is 0.101. The highest BCUT2D eigenvalue weighted by atomic mass is 16.6. The quantitative estimate of drug-likeness (QED) is 0.146. The van der Waals surface area contributed by atoms with E-state index in [9.17, 15) is 24.8 Å². The summed E-state index contributed by atoms with van der Waals surface area (Å²) in [7, 11) is 0. The molecule has 0 saturated carbocycles. The lowest BCUT2D eigenvalue weighted by atomic mass is 9.95. The number of aliphatic hydroxyl groups is 1. The molecule has 0 radical (unpaired) electrons. The van der Waals surface area contributed by atoms with E-state index >= 15 is 0 Å². The zero-order valence-electron chi connectivity index (χ0n) is 16.9. The molecule has 0 aliphatic carbocycles. The first-order valence-corrected chi connectivity index (χ1v) is 9.92. The van der Waals surface area contributed by atoms with Crippen LogP contribution >= 0.6 is 0 Å². The number of carbonyl (C=O) groups is 2. The van der Waals surface area contributed by atoms with Crippen LogP contribution < -0.4 is 4.57 Å². The number of carbonyl (C=O) groups excluding carboxylic acids is 2. The first-order valence-electron chi connectivity index (χ1n) is 9.92. The monoisotopic (exact) mass is 434 g/mol. The van der Waals surface area contributed by atoms with Crippen molar-refractivity contribution in [2.24, 2.45) is 0 Å². The molecule has 10 heteroatoms. The summed E-state index contributed by atoms with van der Waals surface area (Å²) in [6.07, 6.45) is 8.84. The Bertz CT molecular complexity index is 1190. The summed E-state index contributed by atoms with van der Waals surface area (Å²) in [6, 6.07) is 7.86. The zero-order chi connectivity index (χ0) is 22.7. The molecule has 1 unspecified atom stereocenters. The Morgan fingerprint density at radius 3 is 2.72 bits per heavy atom. The van der Waals surface area contributed by atoms with Crippen molar-refractivity contribution in [1.82, 2.24) is 14.9 Å². The number of hydrogen-bond donors (Lipinski definition) is 2. The fourth-order valence-corrected chi connectivity index (χ4v) is 3.81. The zero-order valence-corrected chi connectivity index (χ0v) is 16.9. The number of pyridine rings is 1. The molecule has 2 aromatic heterocycles. The van der Waals surface area contributed by atoms with E-state index in [4.69, 9.17) is 0 Å². The normalized spacial score (nSPS) is 17.6. The maximum atomic E-state index is 13.0. The van der Waals surface area contributed by atoms with Gasteiger partial charge in [-0.2, -0.15) is 0 Å². The molecule has 162 valence electrons. The third-order valence-corrected chi connectivity index (χ3v) is 5.31. The summed E-state index contributed by atoms with van der Waals surface area (Å²) in [5.74, 6) is -1.92. The average Bonchev–Trinajstić information content (AvgIpc) is 3.41. The highest BCUT2D eigenvalue weighted by Crippen LogP contribution is 2.40. The van der Waals surface area contributed by atoms with Gasteiger partial charge in [-0.25, -0.2) is 4.57 Å². The molecular weight excluding hydrogens is 414 g/mol. The fraction of sp³-hybridized carbons (Fsp3) is 0.182. The summed E-state index contributed by atoms with van der Waals surface area (Å²) in [5.41, 5.74) is 0.440. The number of aromatic amines is 1. The van der Waals surface area contributed by atoms with Crippen molar-refractivity contribution in [2.75, 3.05) is 6.54 Å². The lowest BCUT2D eigenvalue weighted by Gasteiger charge is -2.25. The average molecular weight is 434 g/mol. The first kappa shape index (κ1) is 20.9. The minimum atomic E-state index is -0.945. The van der Waals surface area contributed by atoms with Gasteiger partial charge < -0.3 is 10.0 Å². The molecule has 1 amide bonds. The fourth-order valence-electron chi connectivity index (χ4n) is 3.81. The van der Waals surface area contributed by atoms with Crippen LogP contribution in [0.5, 0.6) is 0 Å². The van der Waals surface area contributed by atoms with Crippen molar-refractivity contribution < 1.29 is 24.2 Å². The predicted octanol–water partition coefficient (Wildman–Crippen LogP) is 2.12. The van der Waals surface area contributed by atoms with Crippen LogP contribution in [0.3, 0.4) is 0 Å². The van der Waals surface area contributed by atoms with Crippen molar-refractivity contribution >= 4 is 23.1 Å². The lowest BCUT2D eigenvalue weighted by molar-refractivity contribution is -0.695. The largest absolute Gasteiger partial charge is 0.507 e. The number of ketones is 1. The van der Waals surface area contributed by atoms with Gasteiger partial charge in [-0.3, -0.25) is 29.7 Å². The van der Waals surface area contributed by atoms with Crippen LogP contribution in [-0.4, -0.2) is 43.1 Å². The van der Waals surface area contributed by atoms with Gasteiger partial charge in [0.25, 0.3) is 17.4 Å². The summed E-state index contributed by atoms with van der Waals surface area (Å²) in [5, 5.41) is 22.2. The van der Waals surface area contributed by atoms with Gasteiger partial charge in [-0.1, -0.05) is 12.1 Å². The van der Waals surface area contributed by atoms with E-state index in [0.29, 0.717) is 24.1 Å². The maximum absolute atomic E-state index is 13.0.